The number of furan rings is 1. The third-order valence-electron chi connectivity index (χ3n) is 4.43. The topological polar surface area (TPSA) is 69.2 Å². The van der Waals surface area contributed by atoms with Gasteiger partial charge in [0.1, 0.15) is 11.2 Å². The minimum atomic E-state index is -0.503. The molecule has 0 fully saturated rings. The van der Waals surface area contributed by atoms with Gasteiger partial charge in [0.05, 0.1) is 5.56 Å². The predicted molar refractivity (Wildman–Crippen MR) is 102 cm³/mol. The van der Waals surface area contributed by atoms with Crippen LogP contribution in [0.15, 0.2) is 68.6 Å². The number of benzene rings is 2. The molecule has 0 aliphatic rings. The average molecular weight is 365 g/mol. The third kappa shape index (κ3) is 2.73. The van der Waals surface area contributed by atoms with Gasteiger partial charge in [0.15, 0.2) is 0 Å². The van der Waals surface area contributed by atoms with Gasteiger partial charge in [0.2, 0.25) is 11.6 Å². The molecule has 0 radical (unpaired) electrons. The number of nitrogens with zero attached hydrogens (tertiary/aromatic N) is 2. The number of halogens is 1. The van der Waals surface area contributed by atoms with Crippen molar-refractivity contribution in [2.75, 3.05) is 5.32 Å². The van der Waals surface area contributed by atoms with Crippen molar-refractivity contribution in [3.8, 4) is 11.1 Å². The smallest absolute Gasteiger partial charge is 0.333 e. The Morgan fingerprint density at radius 3 is 2.41 bits per heavy atom. The summed E-state index contributed by atoms with van der Waals surface area (Å²) >= 11 is 0. The minimum absolute atomic E-state index is 0.126. The van der Waals surface area contributed by atoms with Gasteiger partial charge in [-0.15, -0.1) is 0 Å². The molecule has 2 aromatic carbocycles. The molecule has 6 nitrogen and oxygen atoms in total. The molecule has 0 atom stereocenters. The summed E-state index contributed by atoms with van der Waals surface area (Å²) in [6.45, 7) is 0. The number of hydrogen-bond acceptors (Lipinski definition) is 4. The standard InChI is InChI=1S/C20H16FN3O3/c1-23-18(25)16-15(12-7-6-8-13(21)11-12)17(22-14-9-4-3-5-10-14)27-19(16)24(2)20(23)26/h3-11,22H,1-2H3. The second-order valence-corrected chi connectivity index (χ2v) is 6.19. The number of rotatable bonds is 3. The molecule has 27 heavy (non-hydrogen) atoms. The fourth-order valence-corrected chi connectivity index (χ4v) is 3.08. The van der Waals surface area contributed by atoms with Crippen molar-refractivity contribution in [1.29, 1.82) is 0 Å². The van der Waals surface area contributed by atoms with Crippen LogP contribution in [0.5, 0.6) is 0 Å². The van der Waals surface area contributed by atoms with Gasteiger partial charge in [-0.25, -0.2) is 9.18 Å². The van der Waals surface area contributed by atoms with Crippen molar-refractivity contribution in [1.82, 2.24) is 9.13 Å². The fourth-order valence-electron chi connectivity index (χ4n) is 3.08. The highest BCUT2D eigenvalue weighted by molar-refractivity contribution is 5.99. The lowest BCUT2D eigenvalue weighted by molar-refractivity contribution is 0.577. The summed E-state index contributed by atoms with van der Waals surface area (Å²) in [7, 11) is 2.92. The van der Waals surface area contributed by atoms with Crippen LogP contribution in [0, 0.1) is 5.82 Å². The normalized spacial score (nSPS) is 11.1. The molecule has 4 rings (SSSR count). The molecule has 0 amide bonds. The van der Waals surface area contributed by atoms with E-state index < -0.39 is 17.1 Å². The van der Waals surface area contributed by atoms with Gasteiger partial charge >= 0.3 is 5.69 Å². The number of hydrogen-bond donors (Lipinski definition) is 1. The van der Waals surface area contributed by atoms with Crippen LogP contribution in [-0.2, 0) is 14.1 Å². The van der Waals surface area contributed by atoms with E-state index in [-0.39, 0.29) is 17.0 Å². The van der Waals surface area contributed by atoms with E-state index in [4.69, 9.17) is 4.42 Å². The predicted octanol–water partition coefficient (Wildman–Crippen LogP) is 3.38. The maximum absolute atomic E-state index is 13.9. The summed E-state index contributed by atoms with van der Waals surface area (Å²) in [6, 6.07) is 15.1. The molecule has 0 aliphatic carbocycles. The number of anilines is 2. The third-order valence-corrected chi connectivity index (χ3v) is 4.43. The van der Waals surface area contributed by atoms with Crippen LogP contribution in [0.2, 0.25) is 0 Å². The molecule has 0 bridgehead atoms. The van der Waals surface area contributed by atoms with E-state index in [1.807, 2.05) is 30.3 Å². The SMILES string of the molecule is Cn1c(=O)c2c(-c3cccc(F)c3)c(Nc3ccccc3)oc2n(C)c1=O. The van der Waals surface area contributed by atoms with E-state index >= 15 is 0 Å². The van der Waals surface area contributed by atoms with E-state index in [0.29, 0.717) is 11.1 Å². The molecule has 0 saturated carbocycles. The van der Waals surface area contributed by atoms with Crippen LogP contribution < -0.4 is 16.6 Å². The Hall–Kier alpha value is -3.61. The van der Waals surface area contributed by atoms with Gasteiger partial charge < -0.3 is 9.73 Å². The largest absolute Gasteiger partial charge is 0.423 e. The summed E-state index contributed by atoms with van der Waals surface area (Å²) in [5.41, 5.74) is 0.736. The van der Waals surface area contributed by atoms with Crippen LogP contribution in [0.3, 0.4) is 0 Å². The van der Waals surface area contributed by atoms with Crippen LogP contribution in [-0.4, -0.2) is 9.13 Å². The maximum atomic E-state index is 13.9. The zero-order valence-electron chi connectivity index (χ0n) is 14.7. The van der Waals surface area contributed by atoms with Crippen molar-refractivity contribution in [2.45, 2.75) is 0 Å². The lowest BCUT2D eigenvalue weighted by atomic mass is 10.0. The summed E-state index contributed by atoms with van der Waals surface area (Å²) < 4.78 is 22.0. The zero-order valence-corrected chi connectivity index (χ0v) is 14.7. The first-order valence-corrected chi connectivity index (χ1v) is 8.28. The van der Waals surface area contributed by atoms with E-state index in [9.17, 15) is 14.0 Å². The van der Waals surface area contributed by atoms with Crippen molar-refractivity contribution < 1.29 is 8.81 Å². The number of para-hydroxylation sites is 1. The highest BCUT2D eigenvalue weighted by Crippen LogP contribution is 2.38. The summed E-state index contributed by atoms with van der Waals surface area (Å²) in [5.74, 6) is -0.172. The number of aryl methyl sites for hydroxylation is 1. The Balaban J connectivity index is 2.09. The van der Waals surface area contributed by atoms with Gasteiger partial charge in [0.25, 0.3) is 5.56 Å². The van der Waals surface area contributed by atoms with Crippen LogP contribution in [0.1, 0.15) is 0 Å². The highest BCUT2D eigenvalue weighted by atomic mass is 19.1. The summed E-state index contributed by atoms with van der Waals surface area (Å²) in [6.07, 6.45) is 0. The first kappa shape index (κ1) is 16.8. The molecular formula is C20H16FN3O3. The summed E-state index contributed by atoms with van der Waals surface area (Å²) in [5, 5.41) is 3.33. The molecule has 7 heteroatoms. The van der Waals surface area contributed by atoms with E-state index in [1.165, 1.54) is 30.8 Å². The van der Waals surface area contributed by atoms with Crippen LogP contribution >= 0.6 is 0 Å². The lowest BCUT2D eigenvalue weighted by Gasteiger charge is -2.06. The van der Waals surface area contributed by atoms with Gasteiger partial charge in [-0.1, -0.05) is 30.3 Å². The maximum Gasteiger partial charge on any atom is 0.333 e. The molecule has 2 heterocycles. The monoisotopic (exact) mass is 365 g/mol. The Labute approximate surface area is 153 Å². The van der Waals surface area contributed by atoms with Crippen LogP contribution in [0.4, 0.5) is 16.0 Å². The van der Waals surface area contributed by atoms with Gasteiger partial charge in [-0.3, -0.25) is 13.9 Å². The molecule has 0 saturated heterocycles. The Morgan fingerprint density at radius 1 is 0.963 bits per heavy atom. The zero-order chi connectivity index (χ0) is 19.1. The molecule has 0 spiro atoms. The first-order chi connectivity index (χ1) is 13.0. The fraction of sp³-hybridized carbons (Fsp3) is 0.100. The lowest BCUT2D eigenvalue weighted by Crippen LogP contribution is -2.36. The number of fused-ring (bicyclic) bond motifs is 1. The van der Waals surface area contributed by atoms with Crippen LogP contribution in [0.25, 0.3) is 22.2 Å². The molecule has 4 aromatic rings. The highest BCUT2D eigenvalue weighted by Gasteiger charge is 2.23. The Morgan fingerprint density at radius 2 is 1.70 bits per heavy atom. The van der Waals surface area contributed by atoms with Crippen molar-refractivity contribution in [3.63, 3.8) is 0 Å². The molecule has 136 valence electrons. The molecule has 0 unspecified atom stereocenters. The van der Waals surface area contributed by atoms with Gasteiger partial charge in [-0.05, 0) is 29.8 Å². The van der Waals surface area contributed by atoms with E-state index in [0.717, 1.165) is 10.3 Å². The molecule has 0 aliphatic heterocycles. The van der Waals surface area contributed by atoms with Gasteiger partial charge in [0, 0.05) is 19.8 Å². The minimum Gasteiger partial charge on any atom is -0.423 e. The number of nitrogens with one attached hydrogen (secondary N) is 1. The summed E-state index contributed by atoms with van der Waals surface area (Å²) in [4.78, 5) is 25.1. The second kappa shape index (κ2) is 6.28. The molecular weight excluding hydrogens is 349 g/mol. The van der Waals surface area contributed by atoms with E-state index in [2.05, 4.69) is 5.32 Å². The number of aromatic nitrogens is 2. The van der Waals surface area contributed by atoms with Gasteiger partial charge in [-0.2, -0.15) is 0 Å². The van der Waals surface area contributed by atoms with E-state index in [1.54, 1.807) is 12.1 Å². The average Bonchev–Trinajstić information content (AvgIpc) is 3.05. The Kier molecular flexibility index (Phi) is 3.92. The Bertz CT molecular complexity index is 1270. The second-order valence-electron chi connectivity index (χ2n) is 6.19. The quantitative estimate of drug-likeness (QED) is 0.604. The van der Waals surface area contributed by atoms with Crippen molar-refractivity contribution in [2.24, 2.45) is 14.1 Å². The van der Waals surface area contributed by atoms with Crippen molar-refractivity contribution in [3.05, 3.63) is 81.3 Å². The van der Waals surface area contributed by atoms with Crippen molar-refractivity contribution >= 4 is 22.7 Å². The molecule has 1 N–H and O–H groups in total. The molecule has 2 aromatic heterocycles. The first-order valence-electron chi connectivity index (χ1n) is 8.28.